The van der Waals surface area contributed by atoms with Crippen molar-refractivity contribution in [1.29, 1.82) is 0 Å². The van der Waals surface area contributed by atoms with Gasteiger partial charge in [0.15, 0.2) is 0 Å². The Hall–Kier alpha value is -0.280. The molecular weight excluding hydrogens is 280 g/mol. The third-order valence-electron chi connectivity index (χ3n) is 4.73. The first-order valence-electron chi connectivity index (χ1n) is 8.25. The van der Waals surface area contributed by atoms with Gasteiger partial charge >= 0.3 is 6.18 Å². The van der Waals surface area contributed by atoms with Gasteiger partial charge in [-0.15, -0.1) is 0 Å². The van der Waals surface area contributed by atoms with Crippen molar-refractivity contribution in [3.8, 4) is 0 Å². The Kier molecular flexibility index (Phi) is 6.14. The summed E-state index contributed by atoms with van der Waals surface area (Å²) in [5.74, 6) is 0.669. The quantitative estimate of drug-likeness (QED) is 0.507. The van der Waals surface area contributed by atoms with Crippen molar-refractivity contribution in [2.24, 2.45) is 17.3 Å². The number of hydrogen-bond donors (Lipinski definition) is 0. The molecule has 0 spiro atoms. The highest BCUT2D eigenvalue weighted by molar-refractivity contribution is 4.94. The molecule has 0 unspecified atom stereocenters. The van der Waals surface area contributed by atoms with E-state index in [-0.39, 0.29) is 5.92 Å². The molecule has 0 bridgehead atoms. The minimum Gasteiger partial charge on any atom is -0.244 e. The summed E-state index contributed by atoms with van der Waals surface area (Å²) in [6.07, 6.45) is 1.24. The van der Waals surface area contributed by atoms with Gasteiger partial charge in [-0.3, -0.25) is 0 Å². The molecule has 0 nitrogen and oxygen atoms in total. The van der Waals surface area contributed by atoms with Crippen LogP contribution >= 0.6 is 0 Å². The Morgan fingerprint density at radius 3 is 1.33 bits per heavy atom. The first-order valence-corrected chi connectivity index (χ1v) is 8.25. The standard InChI is InChI=1S/C9H15F3.C8H15F/c1-7(2)6-8(4-3-5-8)9(10,11)12;1-7(2)6-8(9)4-3-5-8/h7H,3-6H2,1-2H3;7H,3-6H2,1-2H3. The molecule has 2 aliphatic rings. The molecule has 0 aromatic rings. The van der Waals surface area contributed by atoms with E-state index in [4.69, 9.17) is 0 Å². The molecule has 0 aliphatic heterocycles. The molecule has 21 heavy (non-hydrogen) atoms. The van der Waals surface area contributed by atoms with Crippen LogP contribution in [0.2, 0.25) is 0 Å². The van der Waals surface area contributed by atoms with E-state index in [9.17, 15) is 17.6 Å². The zero-order valence-corrected chi connectivity index (χ0v) is 13.8. The van der Waals surface area contributed by atoms with Crippen LogP contribution < -0.4 is 0 Å². The van der Waals surface area contributed by atoms with Crippen LogP contribution in [-0.4, -0.2) is 11.8 Å². The van der Waals surface area contributed by atoms with Crippen LogP contribution in [0.25, 0.3) is 0 Å². The molecule has 0 aromatic carbocycles. The highest BCUT2D eigenvalue weighted by Gasteiger charge is 2.57. The predicted octanol–water partition coefficient (Wildman–Crippen LogP) is 6.69. The SMILES string of the molecule is CC(C)CC1(C(F)(F)F)CCC1.CC(C)CC1(F)CCC1. The largest absolute Gasteiger partial charge is 0.394 e. The predicted molar refractivity (Wildman–Crippen MR) is 78.9 cm³/mol. The fourth-order valence-corrected chi connectivity index (χ4v) is 3.48. The van der Waals surface area contributed by atoms with Crippen molar-refractivity contribution in [2.45, 2.75) is 90.9 Å². The Morgan fingerprint density at radius 1 is 0.810 bits per heavy atom. The zero-order chi connectivity index (χ0) is 16.3. The molecule has 2 fully saturated rings. The lowest BCUT2D eigenvalue weighted by Gasteiger charge is -2.44. The van der Waals surface area contributed by atoms with E-state index in [0.29, 0.717) is 25.2 Å². The Balaban J connectivity index is 0.000000219. The molecule has 0 N–H and O–H groups in total. The minimum absolute atomic E-state index is 0.145. The summed E-state index contributed by atoms with van der Waals surface area (Å²) in [6.45, 7) is 7.87. The summed E-state index contributed by atoms with van der Waals surface area (Å²) in [4.78, 5) is 0. The highest BCUT2D eigenvalue weighted by atomic mass is 19.4. The van der Waals surface area contributed by atoms with Crippen molar-refractivity contribution in [3.05, 3.63) is 0 Å². The lowest BCUT2D eigenvalue weighted by Crippen LogP contribution is -2.44. The van der Waals surface area contributed by atoms with Gasteiger partial charge in [0.2, 0.25) is 0 Å². The summed E-state index contributed by atoms with van der Waals surface area (Å²) in [5, 5.41) is 0. The van der Waals surface area contributed by atoms with Gasteiger partial charge in [0.25, 0.3) is 0 Å². The molecule has 0 heterocycles. The summed E-state index contributed by atoms with van der Waals surface area (Å²) in [5.41, 5.74) is -2.07. The smallest absolute Gasteiger partial charge is 0.244 e. The average Bonchev–Trinajstić information content (AvgIpc) is 2.19. The lowest BCUT2D eigenvalue weighted by atomic mass is 9.64. The second kappa shape index (κ2) is 6.87. The number of halogens is 4. The van der Waals surface area contributed by atoms with Crippen LogP contribution in [0.1, 0.15) is 79.1 Å². The van der Waals surface area contributed by atoms with Crippen molar-refractivity contribution < 1.29 is 17.6 Å². The summed E-state index contributed by atoms with van der Waals surface area (Å²) in [7, 11) is 0. The Labute approximate surface area is 126 Å². The van der Waals surface area contributed by atoms with Crippen LogP contribution in [-0.2, 0) is 0 Å². The number of rotatable bonds is 4. The first kappa shape index (κ1) is 18.8. The van der Waals surface area contributed by atoms with Crippen LogP contribution in [0.5, 0.6) is 0 Å². The maximum absolute atomic E-state index is 13.2. The van der Waals surface area contributed by atoms with Gasteiger partial charge in [-0.2, -0.15) is 13.2 Å². The molecule has 126 valence electrons. The van der Waals surface area contributed by atoms with Crippen LogP contribution in [0.3, 0.4) is 0 Å². The van der Waals surface area contributed by atoms with Gasteiger partial charge in [-0.1, -0.05) is 34.1 Å². The summed E-state index contributed by atoms with van der Waals surface area (Å²) >= 11 is 0. The van der Waals surface area contributed by atoms with E-state index >= 15 is 0 Å². The van der Waals surface area contributed by atoms with E-state index in [2.05, 4.69) is 13.8 Å². The lowest BCUT2D eigenvalue weighted by molar-refractivity contribution is -0.256. The van der Waals surface area contributed by atoms with Gasteiger partial charge < -0.3 is 0 Å². The van der Waals surface area contributed by atoms with E-state index in [1.165, 1.54) is 0 Å². The maximum atomic E-state index is 13.2. The number of hydrogen-bond acceptors (Lipinski definition) is 0. The molecule has 0 aromatic heterocycles. The van der Waals surface area contributed by atoms with E-state index < -0.39 is 17.3 Å². The fraction of sp³-hybridized carbons (Fsp3) is 1.00. The van der Waals surface area contributed by atoms with Gasteiger partial charge in [-0.05, 0) is 56.8 Å². The van der Waals surface area contributed by atoms with Crippen LogP contribution in [0.4, 0.5) is 17.6 Å². The van der Waals surface area contributed by atoms with Gasteiger partial charge in [-0.25, -0.2) is 4.39 Å². The molecule has 0 amide bonds. The zero-order valence-electron chi connectivity index (χ0n) is 13.8. The van der Waals surface area contributed by atoms with Gasteiger partial charge in [0.05, 0.1) is 5.41 Å². The number of alkyl halides is 4. The summed E-state index contributed by atoms with van der Waals surface area (Å²) < 4.78 is 50.7. The highest BCUT2D eigenvalue weighted by Crippen LogP contribution is 2.56. The van der Waals surface area contributed by atoms with Crippen molar-refractivity contribution >= 4 is 0 Å². The molecule has 2 rings (SSSR count). The molecule has 0 saturated heterocycles. The van der Waals surface area contributed by atoms with Crippen LogP contribution in [0.15, 0.2) is 0 Å². The molecule has 4 heteroatoms. The molecule has 0 radical (unpaired) electrons. The Morgan fingerprint density at radius 2 is 1.24 bits per heavy atom. The Bertz CT molecular complexity index is 309. The van der Waals surface area contributed by atoms with Crippen molar-refractivity contribution in [2.75, 3.05) is 0 Å². The third kappa shape index (κ3) is 5.14. The summed E-state index contributed by atoms with van der Waals surface area (Å²) in [6, 6.07) is 0. The normalized spacial score (nSPS) is 23.1. The van der Waals surface area contributed by atoms with Crippen LogP contribution in [0, 0.1) is 17.3 Å². The first-order chi connectivity index (χ1) is 9.50. The van der Waals surface area contributed by atoms with Gasteiger partial charge in [0.1, 0.15) is 5.67 Å². The monoisotopic (exact) mass is 310 g/mol. The second-order valence-electron chi connectivity index (χ2n) is 7.83. The molecule has 2 saturated carbocycles. The molecule has 0 atom stereocenters. The van der Waals surface area contributed by atoms with Gasteiger partial charge in [0, 0.05) is 0 Å². The molecule has 2 aliphatic carbocycles. The topological polar surface area (TPSA) is 0 Å². The average molecular weight is 310 g/mol. The van der Waals surface area contributed by atoms with Crippen molar-refractivity contribution in [3.63, 3.8) is 0 Å². The van der Waals surface area contributed by atoms with E-state index in [1.807, 2.05) is 13.8 Å². The van der Waals surface area contributed by atoms with Crippen molar-refractivity contribution in [1.82, 2.24) is 0 Å². The molecular formula is C17H30F4. The maximum Gasteiger partial charge on any atom is 0.394 e. The fourth-order valence-electron chi connectivity index (χ4n) is 3.48. The van der Waals surface area contributed by atoms with E-state index in [1.54, 1.807) is 0 Å². The second-order valence-corrected chi connectivity index (χ2v) is 7.83. The van der Waals surface area contributed by atoms with E-state index in [0.717, 1.165) is 32.1 Å². The third-order valence-corrected chi connectivity index (χ3v) is 4.73. The minimum atomic E-state index is -3.98.